The van der Waals surface area contributed by atoms with Gasteiger partial charge in [0.2, 0.25) is 0 Å². The van der Waals surface area contributed by atoms with Gasteiger partial charge in [0.15, 0.2) is 0 Å². The summed E-state index contributed by atoms with van der Waals surface area (Å²) in [6.45, 7) is 2.39. The molecule has 94 valence electrons. The molecule has 1 N–H and O–H groups in total. The minimum Gasteiger partial charge on any atom is -0.347 e. The SMILES string of the molecule is Cc1ncc(C(=O)NCc2ccc(CCl)cc2)s1. The van der Waals surface area contributed by atoms with Crippen LogP contribution in [0.3, 0.4) is 0 Å². The predicted molar refractivity (Wildman–Crippen MR) is 74.0 cm³/mol. The molecule has 0 bridgehead atoms. The number of hydrogen-bond donors (Lipinski definition) is 1. The molecular formula is C13H13ClN2OS. The van der Waals surface area contributed by atoms with Gasteiger partial charge in [-0.25, -0.2) is 4.98 Å². The van der Waals surface area contributed by atoms with Gasteiger partial charge in [-0.2, -0.15) is 0 Å². The summed E-state index contributed by atoms with van der Waals surface area (Å²) in [6.07, 6.45) is 1.60. The van der Waals surface area contributed by atoms with Gasteiger partial charge >= 0.3 is 0 Å². The molecule has 0 radical (unpaired) electrons. The maximum absolute atomic E-state index is 11.8. The molecule has 0 aliphatic rings. The number of benzene rings is 1. The summed E-state index contributed by atoms with van der Waals surface area (Å²) in [5, 5.41) is 3.76. The first kappa shape index (κ1) is 13.1. The number of aromatic nitrogens is 1. The van der Waals surface area contributed by atoms with Gasteiger partial charge in [0.25, 0.3) is 5.91 Å². The lowest BCUT2D eigenvalue weighted by Gasteiger charge is -2.04. The highest BCUT2D eigenvalue weighted by Crippen LogP contribution is 2.11. The molecule has 18 heavy (non-hydrogen) atoms. The lowest BCUT2D eigenvalue weighted by molar-refractivity contribution is 0.0955. The Morgan fingerprint density at radius 3 is 2.56 bits per heavy atom. The Labute approximate surface area is 115 Å². The molecule has 0 fully saturated rings. The first-order chi connectivity index (χ1) is 8.69. The molecule has 0 unspecified atom stereocenters. The van der Waals surface area contributed by atoms with Crippen LogP contribution < -0.4 is 5.32 Å². The van der Waals surface area contributed by atoms with Gasteiger partial charge in [-0.1, -0.05) is 24.3 Å². The van der Waals surface area contributed by atoms with Crippen molar-refractivity contribution in [3.63, 3.8) is 0 Å². The van der Waals surface area contributed by atoms with Gasteiger partial charge in [-0.3, -0.25) is 4.79 Å². The molecular weight excluding hydrogens is 268 g/mol. The van der Waals surface area contributed by atoms with E-state index in [4.69, 9.17) is 11.6 Å². The second-order valence-electron chi connectivity index (χ2n) is 3.88. The van der Waals surface area contributed by atoms with Gasteiger partial charge < -0.3 is 5.32 Å². The fraction of sp³-hybridized carbons (Fsp3) is 0.231. The molecule has 2 rings (SSSR count). The molecule has 1 aromatic heterocycles. The van der Waals surface area contributed by atoms with E-state index in [2.05, 4.69) is 10.3 Å². The lowest BCUT2D eigenvalue weighted by atomic mass is 10.1. The molecule has 1 amide bonds. The molecule has 0 aliphatic carbocycles. The minimum absolute atomic E-state index is 0.0815. The molecule has 0 atom stereocenters. The van der Waals surface area contributed by atoms with Crippen molar-refractivity contribution in [2.24, 2.45) is 0 Å². The van der Waals surface area contributed by atoms with Gasteiger partial charge in [0.05, 0.1) is 11.2 Å². The van der Waals surface area contributed by atoms with Crippen LogP contribution in [-0.4, -0.2) is 10.9 Å². The number of thiazole rings is 1. The van der Waals surface area contributed by atoms with Crippen LogP contribution >= 0.6 is 22.9 Å². The van der Waals surface area contributed by atoms with E-state index in [0.29, 0.717) is 17.3 Å². The minimum atomic E-state index is -0.0815. The van der Waals surface area contributed by atoms with Gasteiger partial charge in [-0.15, -0.1) is 22.9 Å². The zero-order chi connectivity index (χ0) is 13.0. The van der Waals surface area contributed by atoms with Crippen molar-refractivity contribution in [3.05, 3.63) is 51.5 Å². The topological polar surface area (TPSA) is 42.0 Å². The molecule has 0 spiro atoms. The Morgan fingerprint density at radius 1 is 1.33 bits per heavy atom. The standard InChI is InChI=1S/C13H13ClN2OS/c1-9-15-8-12(18-9)13(17)16-7-11-4-2-10(6-14)3-5-11/h2-5,8H,6-7H2,1H3,(H,16,17). The van der Waals surface area contributed by atoms with Gasteiger partial charge in [0.1, 0.15) is 4.88 Å². The van der Waals surface area contributed by atoms with E-state index in [9.17, 15) is 4.79 Å². The predicted octanol–water partition coefficient (Wildman–Crippen LogP) is 3.12. The average molecular weight is 281 g/mol. The summed E-state index contributed by atoms with van der Waals surface area (Å²) in [6, 6.07) is 7.86. The molecule has 0 saturated carbocycles. The van der Waals surface area contributed by atoms with Crippen molar-refractivity contribution in [2.45, 2.75) is 19.3 Å². The monoisotopic (exact) mass is 280 g/mol. The number of nitrogens with zero attached hydrogens (tertiary/aromatic N) is 1. The first-order valence-corrected chi connectivity index (χ1v) is 6.88. The third kappa shape index (κ3) is 3.31. The summed E-state index contributed by atoms with van der Waals surface area (Å²) in [5.41, 5.74) is 2.13. The summed E-state index contributed by atoms with van der Waals surface area (Å²) >= 11 is 7.11. The summed E-state index contributed by atoms with van der Waals surface area (Å²) < 4.78 is 0. The molecule has 5 heteroatoms. The zero-order valence-corrected chi connectivity index (χ0v) is 11.5. The Hall–Kier alpha value is -1.39. The molecule has 3 nitrogen and oxygen atoms in total. The summed E-state index contributed by atoms with van der Waals surface area (Å²) in [5.74, 6) is 0.425. The van der Waals surface area contributed by atoms with Gasteiger partial charge in [-0.05, 0) is 18.1 Å². The number of nitrogens with one attached hydrogen (secondary N) is 1. The van der Waals surface area contributed by atoms with Crippen molar-refractivity contribution < 1.29 is 4.79 Å². The van der Waals surface area contributed by atoms with E-state index < -0.39 is 0 Å². The fourth-order valence-electron chi connectivity index (χ4n) is 1.48. The Balaban J connectivity index is 1.92. The second kappa shape index (κ2) is 5.98. The van der Waals surface area contributed by atoms with Crippen LogP contribution in [0.4, 0.5) is 0 Å². The maximum atomic E-state index is 11.8. The van der Waals surface area contributed by atoms with Crippen molar-refractivity contribution >= 4 is 28.8 Å². The first-order valence-electron chi connectivity index (χ1n) is 5.53. The van der Waals surface area contributed by atoms with Crippen LogP contribution in [-0.2, 0) is 12.4 Å². The number of carbonyl (C=O) groups is 1. The number of amides is 1. The zero-order valence-electron chi connectivity index (χ0n) is 9.94. The van der Waals surface area contributed by atoms with Crippen LogP contribution in [0, 0.1) is 6.92 Å². The number of rotatable bonds is 4. The normalized spacial score (nSPS) is 10.3. The summed E-state index contributed by atoms with van der Waals surface area (Å²) in [7, 11) is 0. The summed E-state index contributed by atoms with van der Waals surface area (Å²) in [4.78, 5) is 16.5. The van der Waals surface area contributed by atoms with Crippen molar-refractivity contribution in [1.29, 1.82) is 0 Å². The fourth-order valence-corrected chi connectivity index (χ4v) is 2.35. The van der Waals surface area contributed by atoms with Gasteiger partial charge in [0, 0.05) is 12.4 Å². The Kier molecular flexibility index (Phi) is 4.33. The van der Waals surface area contributed by atoms with Crippen molar-refractivity contribution in [2.75, 3.05) is 0 Å². The smallest absolute Gasteiger partial charge is 0.263 e. The molecule has 0 saturated heterocycles. The Bertz CT molecular complexity index is 536. The third-order valence-corrected chi connectivity index (χ3v) is 3.70. The van der Waals surface area contributed by atoms with Crippen LogP contribution in [0.1, 0.15) is 25.8 Å². The molecule has 1 aromatic carbocycles. The van der Waals surface area contributed by atoms with E-state index in [1.807, 2.05) is 31.2 Å². The van der Waals surface area contributed by atoms with E-state index >= 15 is 0 Å². The van der Waals surface area contributed by atoms with E-state index in [0.717, 1.165) is 16.1 Å². The molecule has 1 heterocycles. The van der Waals surface area contributed by atoms with E-state index in [-0.39, 0.29) is 5.91 Å². The van der Waals surface area contributed by atoms with Crippen molar-refractivity contribution in [3.8, 4) is 0 Å². The number of hydrogen-bond acceptors (Lipinski definition) is 3. The van der Waals surface area contributed by atoms with E-state index in [1.165, 1.54) is 11.3 Å². The highest BCUT2D eigenvalue weighted by atomic mass is 35.5. The quantitative estimate of drug-likeness (QED) is 0.875. The third-order valence-electron chi connectivity index (χ3n) is 2.48. The van der Waals surface area contributed by atoms with Crippen LogP contribution in [0.5, 0.6) is 0 Å². The lowest BCUT2D eigenvalue weighted by Crippen LogP contribution is -2.21. The van der Waals surface area contributed by atoms with Crippen molar-refractivity contribution in [1.82, 2.24) is 10.3 Å². The highest BCUT2D eigenvalue weighted by molar-refractivity contribution is 7.13. The number of aryl methyl sites for hydroxylation is 1. The van der Waals surface area contributed by atoms with Crippen LogP contribution in [0.25, 0.3) is 0 Å². The number of alkyl halides is 1. The largest absolute Gasteiger partial charge is 0.347 e. The Morgan fingerprint density at radius 2 is 2.00 bits per heavy atom. The molecule has 0 aliphatic heterocycles. The second-order valence-corrected chi connectivity index (χ2v) is 5.38. The number of halogens is 1. The number of carbonyl (C=O) groups excluding carboxylic acids is 1. The molecule has 2 aromatic rings. The maximum Gasteiger partial charge on any atom is 0.263 e. The average Bonchev–Trinajstić information content (AvgIpc) is 2.83. The van der Waals surface area contributed by atoms with E-state index in [1.54, 1.807) is 6.20 Å². The highest BCUT2D eigenvalue weighted by Gasteiger charge is 2.08. The van der Waals surface area contributed by atoms with Crippen LogP contribution in [0.15, 0.2) is 30.5 Å². The van der Waals surface area contributed by atoms with Crippen LogP contribution in [0.2, 0.25) is 0 Å².